The number of sulfonamides is 1. The fourth-order valence-electron chi connectivity index (χ4n) is 2.46. The Morgan fingerprint density at radius 2 is 1.74 bits per heavy atom. The van der Waals surface area contributed by atoms with Gasteiger partial charge in [0.2, 0.25) is 10.0 Å². The van der Waals surface area contributed by atoms with Crippen molar-refractivity contribution in [3.63, 3.8) is 0 Å². The zero-order valence-electron chi connectivity index (χ0n) is 11.1. The van der Waals surface area contributed by atoms with E-state index in [-0.39, 0.29) is 4.90 Å². The second kappa shape index (κ2) is 5.36. The van der Waals surface area contributed by atoms with E-state index < -0.39 is 15.6 Å². The first-order valence-electron chi connectivity index (χ1n) is 6.56. The lowest BCUT2D eigenvalue weighted by Crippen LogP contribution is -2.48. The lowest BCUT2D eigenvalue weighted by atomic mass is 9.83. The summed E-state index contributed by atoms with van der Waals surface area (Å²) in [4.78, 5) is 0.276. The van der Waals surface area contributed by atoms with Crippen LogP contribution in [0.1, 0.15) is 37.7 Å². The zero-order chi connectivity index (χ0) is 13.9. The molecule has 19 heavy (non-hydrogen) atoms. The maximum Gasteiger partial charge on any atom is 0.241 e. The van der Waals surface area contributed by atoms with Gasteiger partial charge in [0.05, 0.1) is 10.4 Å². The van der Waals surface area contributed by atoms with Gasteiger partial charge in [-0.2, -0.15) is 4.72 Å². The molecule has 2 rings (SSSR count). The van der Waals surface area contributed by atoms with Crippen molar-refractivity contribution in [2.45, 2.75) is 49.5 Å². The lowest BCUT2D eigenvalue weighted by Gasteiger charge is -2.32. The smallest absolute Gasteiger partial charge is 0.207 e. The van der Waals surface area contributed by atoms with Crippen LogP contribution in [0.4, 0.5) is 0 Å². The summed E-state index contributed by atoms with van der Waals surface area (Å²) in [6, 6.07) is 6.81. The van der Waals surface area contributed by atoms with Crippen LogP contribution in [0.2, 0.25) is 0 Å². The van der Waals surface area contributed by atoms with E-state index in [1.165, 1.54) is 0 Å². The van der Waals surface area contributed by atoms with Crippen molar-refractivity contribution < 1.29 is 8.42 Å². The Balaban J connectivity index is 2.25. The molecule has 0 radical (unpaired) electrons. The standard InChI is InChI=1S/C15H19NO2S/c1-3-15(11-5-4-6-12-15)16-19(17,18)14-9-7-13(2)8-10-14/h1,7-10,16H,4-6,11-12H2,2H3. The zero-order valence-corrected chi connectivity index (χ0v) is 12.0. The van der Waals surface area contributed by atoms with Gasteiger partial charge in [0.15, 0.2) is 0 Å². The number of nitrogens with one attached hydrogen (secondary N) is 1. The highest BCUT2D eigenvalue weighted by Crippen LogP contribution is 2.29. The number of benzene rings is 1. The van der Waals surface area contributed by atoms with Crippen LogP contribution in [0, 0.1) is 19.3 Å². The van der Waals surface area contributed by atoms with E-state index in [1.807, 2.05) is 6.92 Å². The fraction of sp³-hybridized carbons (Fsp3) is 0.467. The fourth-order valence-corrected chi connectivity index (χ4v) is 3.85. The SMILES string of the molecule is C#CC1(NS(=O)(=O)c2ccc(C)cc2)CCCCC1. The van der Waals surface area contributed by atoms with Gasteiger partial charge in [-0.05, 0) is 31.9 Å². The minimum Gasteiger partial charge on any atom is -0.207 e. The van der Waals surface area contributed by atoms with E-state index in [9.17, 15) is 8.42 Å². The Labute approximate surface area is 115 Å². The Kier molecular flexibility index (Phi) is 3.98. The topological polar surface area (TPSA) is 46.2 Å². The van der Waals surface area contributed by atoms with Gasteiger partial charge in [0.25, 0.3) is 0 Å². The van der Waals surface area contributed by atoms with Crippen LogP contribution in [0.3, 0.4) is 0 Å². The van der Waals surface area contributed by atoms with Gasteiger partial charge in [-0.1, -0.05) is 42.9 Å². The number of hydrogen-bond donors (Lipinski definition) is 1. The average Bonchev–Trinajstić information content (AvgIpc) is 2.40. The summed E-state index contributed by atoms with van der Waals surface area (Å²) < 4.78 is 27.5. The first kappa shape index (κ1) is 14.1. The summed E-state index contributed by atoms with van der Waals surface area (Å²) in [5.74, 6) is 2.66. The molecule has 1 aliphatic carbocycles. The van der Waals surface area contributed by atoms with Crippen molar-refractivity contribution in [2.24, 2.45) is 0 Å². The third-order valence-corrected chi connectivity index (χ3v) is 5.20. The average molecular weight is 277 g/mol. The summed E-state index contributed by atoms with van der Waals surface area (Å²) in [6.45, 7) is 1.92. The van der Waals surface area contributed by atoms with Gasteiger partial charge < -0.3 is 0 Å². The molecule has 1 N–H and O–H groups in total. The highest BCUT2D eigenvalue weighted by molar-refractivity contribution is 7.89. The molecule has 0 amide bonds. The maximum absolute atomic E-state index is 12.4. The van der Waals surface area contributed by atoms with Crippen molar-refractivity contribution in [2.75, 3.05) is 0 Å². The molecule has 0 bridgehead atoms. The summed E-state index contributed by atoms with van der Waals surface area (Å²) in [5.41, 5.74) is 0.324. The molecule has 1 saturated carbocycles. The largest absolute Gasteiger partial charge is 0.241 e. The molecule has 102 valence electrons. The van der Waals surface area contributed by atoms with Crippen LogP contribution >= 0.6 is 0 Å². The minimum absolute atomic E-state index is 0.276. The summed E-state index contributed by atoms with van der Waals surface area (Å²) in [6.07, 6.45) is 10.1. The van der Waals surface area contributed by atoms with E-state index in [0.717, 1.165) is 24.8 Å². The quantitative estimate of drug-likeness (QED) is 0.863. The predicted octanol–water partition coefficient (Wildman–Crippen LogP) is 2.61. The number of hydrogen-bond acceptors (Lipinski definition) is 2. The van der Waals surface area contributed by atoms with Gasteiger partial charge in [0, 0.05) is 0 Å². The molecule has 0 unspecified atom stereocenters. The number of terminal acetylenes is 1. The molecule has 1 fully saturated rings. The van der Waals surface area contributed by atoms with Crippen molar-refractivity contribution >= 4 is 10.0 Å². The molecule has 3 nitrogen and oxygen atoms in total. The second-order valence-electron chi connectivity index (χ2n) is 5.21. The van der Waals surface area contributed by atoms with Crippen LogP contribution in [0.15, 0.2) is 29.2 Å². The van der Waals surface area contributed by atoms with Crippen LogP contribution < -0.4 is 4.72 Å². The minimum atomic E-state index is -3.54. The molecule has 0 heterocycles. The Morgan fingerprint density at radius 3 is 2.26 bits per heavy atom. The Hall–Kier alpha value is -1.31. The lowest BCUT2D eigenvalue weighted by molar-refractivity contribution is 0.341. The monoisotopic (exact) mass is 277 g/mol. The third kappa shape index (κ3) is 3.17. The molecule has 0 saturated heterocycles. The van der Waals surface area contributed by atoms with E-state index in [2.05, 4.69) is 10.6 Å². The number of aryl methyl sites for hydroxylation is 1. The summed E-state index contributed by atoms with van der Waals surface area (Å²) >= 11 is 0. The van der Waals surface area contributed by atoms with E-state index in [1.54, 1.807) is 24.3 Å². The highest BCUT2D eigenvalue weighted by atomic mass is 32.2. The molecule has 0 aliphatic heterocycles. The van der Waals surface area contributed by atoms with Crippen molar-refractivity contribution in [1.29, 1.82) is 0 Å². The molecule has 4 heteroatoms. The van der Waals surface area contributed by atoms with Gasteiger partial charge in [0.1, 0.15) is 0 Å². The predicted molar refractivity (Wildman–Crippen MR) is 76.1 cm³/mol. The number of rotatable bonds is 3. The summed E-state index contributed by atoms with van der Waals surface area (Å²) in [7, 11) is -3.54. The first-order chi connectivity index (χ1) is 8.97. The van der Waals surface area contributed by atoms with Crippen LogP contribution in [-0.2, 0) is 10.0 Å². The summed E-state index contributed by atoms with van der Waals surface area (Å²) in [5, 5.41) is 0. The highest BCUT2D eigenvalue weighted by Gasteiger charge is 2.34. The van der Waals surface area contributed by atoms with Crippen molar-refractivity contribution in [1.82, 2.24) is 4.72 Å². The maximum atomic E-state index is 12.4. The Bertz CT molecular complexity index is 576. The van der Waals surface area contributed by atoms with Crippen LogP contribution in [0.25, 0.3) is 0 Å². The van der Waals surface area contributed by atoms with Crippen LogP contribution in [-0.4, -0.2) is 14.0 Å². The van der Waals surface area contributed by atoms with Gasteiger partial charge in [-0.15, -0.1) is 6.42 Å². The molecular weight excluding hydrogens is 258 g/mol. The molecular formula is C15H19NO2S. The van der Waals surface area contributed by atoms with Crippen LogP contribution in [0.5, 0.6) is 0 Å². The third-order valence-electron chi connectivity index (χ3n) is 3.64. The first-order valence-corrected chi connectivity index (χ1v) is 8.04. The van der Waals surface area contributed by atoms with E-state index >= 15 is 0 Å². The molecule has 0 atom stereocenters. The molecule has 0 spiro atoms. The van der Waals surface area contributed by atoms with E-state index in [4.69, 9.17) is 6.42 Å². The normalized spacial score (nSPS) is 18.7. The molecule has 1 aromatic carbocycles. The second-order valence-corrected chi connectivity index (χ2v) is 6.89. The van der Waals surface area contributed by atoms with Gasteiger partial charge in [-0.25, -0.2) is 8.42 Å². The van der Waals surface area contributed by atoms with Crippen molar-refractivity contribution in [3.8, 4) is 12.3 Å². The van der Waals surface area contributed by atoms with Crippen molar-refractivity contribution in [3.05, 3.63) is 29.8 Å². The van der Waals surface area contributed by atoms with E-state index in [0.29, 0.717) is 12.8 Å². The molecule has 1 aromatic rings. The molecule has 0 aromatic heterocycles. The Morgan fingerprint density at radius 1 is 1.16 bits per heavy atom. The van der Waals surface area contributed by atoms with Gasteiger partial charge >= 0.3 is 0 Å². The van der Waals surface area contributed by atoms with Gasteiger partial charge in [-0.3, -0.25) is 0 Å². The molecule has 1 aliphatic rings.